The van der Waals surface area contributed by atoms with Crippen LogP contribution >= 0.6 is 0 Å². The summed E-state index contributed by atoms with van der Waals surface area (Å²) in [4.78, 5) is 3.37. The van der Waals surface area contributed by atoms with Crippen LogP contribution in [0.3, 0.4) is 0 Å². The Morgan fingerprint density at radius 1 is 0.960 bits per heavy atom. The third kappa shape index (κ3) is 5.24. The van der Waals surface area contributed by atoms with Gasteiger partial charge in [-0.05, 0) is 75.0 Å². The smallest absolute Gasteiger partial charge is 0.125 e. The van der Waals surface area contributed by atoms with Crippen LogP contribution in [0.2, 0.25) is 0 Å². The minimum Gasteiger partial charge on any atom is -0.303 e. The van der Waals surface area contributed by atoms with Crippen LogP contribution in [-0.4, -0.2) is 34.8 Å². The van der Waals surface area contributed by atoms with E-state index in [4.69, 9.17) is 0 Å². The summed E-state index contributed by atoms with van der Waals surface area (Å²) in [5, 5.41) is 0. The lowest BCUT2D eigenvalue weighted by Gasteiger charge is -2.14. The Hall–Kier alpha value is -1.49. The summed E-state index contributed by atoms with van der Waals surface area (Å²) >= 11 is 0. The van der Waals surface area contributed by atoms with Crippen molar-refractivity contribution in [2.75, 3.05) is 19.6 Å². The molecule has 2 aromatic carbocycles. The van der Waals surface area contributed by atoms with E-state index in [0.717, 1.165) is 16.9 Å². The standard InChI is InChI=1S/C21H28N2OS/c1-17(2)22-25(24)21-11-9-20(10-12-21)19-7-5-18(6-8-19)13-16-23-14-3-4-15-23/h5-12,17,22H,3-4,13-16H2,1-2H3. The molecule has 1 aliphatic heterocycles. The average Bonchev–Trinajstić information content (AvgIpc) is 3.13. The highest BCUT2D eigenvalue weighted by atomic mass is 32.2. The molecule has 2 aromatic rings. The van der Waals surface area contributed by atoms with Crippen molar-refractivity contribution in [3.63, 3.8) is 0 Å². The number of nitrogens with zero attached hydrogens (tertiary/aromatic N) is 1. The lowest BCUT2D eigenvalue weighted by Crippen LogP contribution is -2.24. The van der Waals surface area contributed by atoms with Gasteiger partial charge in [0.2, 0.25) is 0 Å². The number of hydrogen-bond acceptors (Lipinski definition) is 2. The number of rotatable bonds is 7. The molecular weight excluding hydrogens is 328 g/mol. The van der Waals surface area contributed by atoms with Crippen molar-refractivity contribution < 1.29 is 4.21 Å². The molecule has 3 nitrogen and oxygen atoms in total. The van der Waals surface area contributed by atoms with Gasteiger partial charge < -0.3 is 4.90 Å². The molecule has 0 bridgehead atoms. The molecule has 1 unspecified atom stereocenters. The monoisotopic (exact) mass is 356 g/mol. The molecule has 25 heavy (non-hydrogen) atoms. The largest absolute Gasteiger partial charge is 0.303 e. The molecule has 4 heteroatoms. The number of likely N-dealkylation sites (tertiary alicyclic amines) is 1. The molecule has 3 rings (SSSR count). The van der Waals surface area contributed by atoms with Gasteiger partial charge in [-0.1, -0.05) is 36.4 Å². The van der Waals surface area contributed by atoms with E-state index in [2.05, 4.69) is 46.0 Å². The van der Waals surface area contributed by atoms with Gasteiger partial charge in [0.15, 0.2) is 0 Å². The number of hydrogen-bond donors (Lipinski definition) is 1. The van der Waals surface area contributed by atoms with Crippen molar-refractivity contribution in [2.24, 2.45) is 0 Å². The highest BCUT2D eigenvalue weighted by molar-refractivity contribution is 7.83. The maximum atomic E-state index is 12.1. The van der Waals surface area contributed by atoms with Crippen molar-refractivity contribution in [3.05, 3.63) is 54.1 Å². The molecule has 1 N–H and O–H groups in total. The maximum Gasteiger partial charge on any atom is 0.125 e. The van der Waals surface area contributed by atoms with Gasteiger partial charge in [0.1, 0.15) is 11.0 Å². The Balaban J connectivity index is 1.60. The van der Waals surface area contributed by atoms with Crippen LogP contribution in [0.15, 0.2) is 53.4 Å². The Morgan fingerprint density at radius 3 is 2.08 bits per heavy atom. The fourth-order valence-corrected chi connectivity index (χ4v) is 4.16. The topological polar surface area (TPSA) is 32.3 Å². The Morgan fingerprint density at radius 2 is 1.52 bits per heavy atom. The lowest BCUT2D eigenvalue weighted by molar-refractivity contribution is 0.343. The minimum atomic E-state index is -1.14. The predicted molar refractivity (Wildman–Crippen MR) is 106 cm³/mol. The third-order valence-corrected chi connectivity index (χ3v) is 6.00. The van der Waals surface area contributed by atoms with Gasteiger partial charge in [-0.25, -0.2) is 8.93 Å². The minimum absolute atomic E-state index is 0.202. The molecule has 0 aromatic heterocycles. The highest BCUT2D eigenvalue weighted by Crippen LogP contribution is 2.21. The molecule has 1 aliphatic rings. The summed E-state index contributed by atoms with van der Waals surface area (Å²) < 4.78 is 15.2. The number of nitrogens with one attached hydrogen (secondary N) is 1. The van der Waals surface area contributed by atoms with E-state index in [0.29, 0.717) is 0 Å². The zero-order chi connectivity index (χ0) is 17.6. The lowest BCUT2D eigenvalue weighted by atomic mass is 10.0. The van der Waals surface area contributed by atoms with Gasteiger partial charge in [0, 0.05) is 12.6 Å². The molecule has 1 saturated heterocycles. The van der Waals surface area contributed by atoms with Crippen LogP contribution in [0, 0.1) is 0 Å². The molecular formula is C21H28N2OS. The summed E-state index contributed by atoms with van der Waals surface area (Å²) in [6.07, 6.45) is 3.83. The van der Waals surface area contributed by atoms with E-state index >= 15 is 0 Å². The van der Waals surface area contributed by atoms with Crippen LogP contribution in [0.25, 0.3) is 11.1 Å². The molecule has 0 aliphatic carbocycles. The first-order valence-electron chi connectivity index (χ1n) is 9.21. The molecule has 1 atom stereocenters. The van der Waals surface area contributed by atoms with Crippen LogP contribution in [0.5, 0.6) is 0 Å². The fourth-order valence-electron chi connectivity index (χ4n) is 3.21. The van der Waals surface area contributed by atoms with Crippen molar-refractivity contribution in [1.82, 2.24) is 9.62 Å². The van der Waals surface area contributed by atoms with Crippen LogP contribution < -0.4 is 4.72 Å². The van der Waals surface area contributed by atoms with E-state index in [1.54, 1.807) is 0 Å². The first kappa shape index (κ1) is 18.3. The molecule has 1 heterocycles. The van der Waals surface area contributed by atoms with Gasteiger partial charge in [0.25, 0.3) is 0 Å². The van der Waals surface area contributed by atoms with Crippen LogP contribution in [-0.2, 0) is 17.4 Å². The zero-order valence-electron chi connectivity index (χ0n) is 15.2. The Bertz CT molecular complexity index is 689. The first-order valence-corrected chi connectivity index (χ1v) is 10.4. The fraction of sp³-hybridized carbons (Fsp3) is 0.429. The van der Waals surface area contributed by atoms with E-state index in [1.165, 1.54) is 43.6 Å². The molecule has 0 saturated carbocycles. The summed E-state index contributed by atoms with van der Waals surface area (Å²) in [5.74, 6) is 0. The third-order valence-electron chi connectivity index (χ3n) is 4.61. The first-order chi connectivity index (χ1) is 12.1. The summed E-state index contributed by atoms with van der Waals surface area (Å²) in [6.45, 7) is 7.69. The molecule has 1 fully saturated rings. The second-order valence-corrected chi connectivity index (χ2v) is 8.31. The van der Waals surface area contributed by atoms with Gasteiger partial charge in [0.05, 0.1) is 4.90 Å². The second-order valence-electron chi connectivity index (χ2n) is 7.06. The molecule has 0 amide bonds. The average molecular weight is 357 g/mol. The SMILES string of the molecule is CC(C)NS(=O)c1ccc(-c2ccc(CCN3CCCC3)cc2)cc1. The molecule has 0 radical (unpaired) electrons. The van der Waals surface area contributed by atoms with E-state index in [1.807, 2.05) is 26.0 Å². The maximum absolute atomic E-state index is 12.1. The highest BCUT2D eigenvalue weighted by Gasteiger charge is 2.11. The van der Waals surface area contributed by atoms with E-state index in [-0.39, 0.29) is 6.04 Å². The van der Waals surface area contributed by atoms with Crippen molar-refractivity contribution in [1.29, 1.82) is 0 Å². The van der Waals surface area contributed by atoms with E-state index in [9.17, 15) is 4.21 Å². The summed E-state index contributed by atoms with van der Waals surface area (Å²) in [5.41, 5.74) is 3.77. The summed E-state index contributed by atoms with van der Waals surface area (Å²) in [6, 6.07) is 17.0. The van der Waals surface area contributed by atoms with Crippen molar-refractivity contribution >= 4 is 11.0 Å². The summed E-state index contributed by atoms with van der Waals surface area (Å²) in [7, 11) is -1.14. The number of benzene rings is 2. The Kier molecular flexibility index (Phi) is 6.40. The van der Waals surface area contributed by atoms with Gasteiger partial charge in [-0.15, -0.1) is 0 Å². The van der Waals surface area contributed by atoms with Gasteiger partial charge in [-0.2, -0.15) is 0 Å². The zero-order valence-corrected chi connectivity index (χ0v) is 16.0. The predicted octanol–water partition coefficient (Wildman–Crippen LogP) is 4.01. The van der Waals surface area contributed by atoms with Gasteiger partial charge >= 0.3 is 0 Å². The van der Waals surface area contributed by atoms with Crippen molar-refractivity contribution in [2.45, 2.75) is 44.0 Å². The van der Waals surface area contributed by atoms with Crippen molar-refractivity contribution in [3.8, 4) is 11.1 Å². The molecule has 134 valence electrons. The van der Waals surface area contributed by atoms with Crippen LogP contribution in [0.4, 0.5) is 0 Å². The molecule has 0 spiro atoms. The van der Waals surface area contributed by atoms with E-state index < -0.39 is 11.0 Å². The van der Waals surface area contributed by atoms with Gasteiger partial charge in [-0.3, -0.25) is 0 Å². The van der Waals surface area contributed by atoms with Crippen LogP contribution in [0.1, 0.15) is 32.3 Å². The second kappa shape index (κ2) is 8.75. The Labute approximate surface area is 154 Å². The normalized spacial score (nSPS) is 16.4. The quantitative estimate of drug-likeness (QED) is 0.813.